The maximum atomic E-state index is 12.1. The van der Waals surface area contributed by atoms with Gasteiger partial charge in [-0.1, -0.05) is 22.0 Å². The van der Waals surface area contributed by atoms with Crippen LogP contribution in [0.2, 0.25) is 0 Å². The van der Waals surface area contributed by atoms with Crippen LogP contribution in [0.25, 0.3) is 0 Å². The molecule has 0 radical (unpaired) electrons. The number of rotatable bonds is 1. The van der Waals surface area contributed by atoms with Crippen LogP contribution in [0.15, 0.2) is 11.6 Å². The molecule has 1 rings (SSSR count). The molecule has 10 heavy (non-hydrogen) atoms. The zero-order valence-corrected chi connectivity index (χ0v) is 7.07. The van der Waals surface area contributed by atoms with Crippen molar-refractivity contribution in [2.75, 3.05) is 0 Å². The summed E-state index contributed by atoms with van der Waals surface area (Å²) in [7, 11) is 0. The maximum Gasteiger partial charge on any atom is 0.260 e. The SMILES string of the molecule is FC(F)C1=CCCCC1Br. The average molecular weight is 211 g/mol. The lowest BCUT2D eigenvalue weighted by Gasteiger charge is -2.17. The van der Waals surface area contributed by atoms with E-state index >= 15 is 0 Å². The first-order valence-electron chi connectivity index (χ1n) is 3.34. The minimum Gasteiger partial charge on any atom is -0.205 e. The van der Waals surface area contributed by atoms with Gasteiger partial charge in [-0.25, -0.2) is 8.78 Å². The van der Waals surface area contributed by atoms with E-state index < -0.39 is 6.43 Å². The zero-order chi connectivity index (χ0) is 7.56. The van der Waals surface area contributed by atoms with E-state index in [1.165, 1.54) is 0 Å². The van der Waals surface area contributed by atoms with Gasteiger partial charge in [-0.3, -0.25) is 0 Å². The van der Waals surface area contributed by atoms with Crippen LogP contribution in [0.5, 0.6) is 0 Å². The molecule has 0 bridgehead atoms. The Hall–Kier alpha value is 0.0800. The minimum absolute atomic E-state index is 0.0822. The lowest BCUT2D eigenvalue weighted by molar-refractivity contribution is 0.184. The molecule has 0 nitrogen and oxygen atoms in total. The molecule has 0 fully saturated rings. The van der Waals surface area contributed by atoms with E-state index in [9.17, 15) is 8.78 Å². The van der Waals surface area contributed by atoms with Crippen molar-refractivity contribution in [1.82, 2.24) is 0 Å². The third-order valence-corrected chi connectivity index (χ3v) is 2.64. The van der Waals surface area contributed by atoms with Crippen LogP contribution < -0.4 is 0 Å². The van der Waals surface area contributed by atoms with Crippen molar-refractivity contribution in [3.05, 3.63) is 11.6 Å². The second-order valence-corrected chi connectivity index (χ2v) is 3.51. The van der Waals surface area contributed by atoms with Crippen LogP contribution >= 0.6 is 15.9 Å². The van der Waals surface area contributed by atoms with Crippen LogP contribution in [-0.4, -0.2) is 11.3 Å². The highest BCUT2D eigenvalue weighted by molar-refractivity contribution is 9.09. The molecule has 0 aliphatic heterocycles. The van der Waals surface area contributed by atoms with Crippen LogP contribution in [-0.2, 0) is 0 Å². The Bertz CT molecular complexity index is 143. The highest BCUT2D eigenvalue weighted by atomic mass is 79.9. The van der Waals surface area contributed by atoms with E-state index in [1.807, 2.05) is 0 Å². The first kappa shape index (κ1) is 8.18. The lowest BCUT2D eigenvalue weighted by atomic mass is 10.00. The Morgan fingerprint density at radius 2 is 2.30 bits per heavy atom. The fourth-order valence-electron chi connectivity index (χ4n) is 1.09. The summed E-state index contributed by atoms with van der Waals surface area (Å²) in [5, 5.41) is 0. The van der Waals surface area contributed by atoms with E-state index in [0.717, 1.165) is 19.3 Å². The van der Waals surface area contributed by atoms with Gasteiger partial charge < -0.3 is 0 Å². The topological polar surface area (TPSA) is 0 Å². The molecule has 1 aliphatic rings. The minimum atomic E-state index is -2.27. The standard InChI is InChI=1S/C7H9BrF2/c8-6-4-2-1-3-5(6)7(9)10/h3,6-7H,1-2,4H2. The number of alkyl halides is 3. The molecule has 0 heterocycles. The molecule has 0 spiro atoms. The summed E-state index contributed by atoms with van der Waals surface area (Å²) in [5.74, 6) is 0. The lowest BCUT2D eigenvalue weighted by Crippen LogP contribution is -2.13. The molecule has 1 aliphatic carbocycles. The van der Waals surface area contributed by atoms with E-state index in [-0.39, 0.29) is 10.4 Å². The molecular weight excluding hydrogens is 202 g/mol. The molecule has 0 saturated heterocycles. The zero-order valence-electron chi connectivity index (χ0n) is 5.49. The molecule has 3 heteroatoms. The highest BCUT2D eigenvalue weighted by Crippen LogP contribution is 2.28. The predicted octanol–water partition coefficient (Wildman–Crippen LogP) is 3.13. The second kappa shape index (κ2) is 3.46. The molecule has 0 aromatic rings. The number of hydrogen-bond donors (Lipinski definition) is 0. The summed E-state index contributed by atoms with van der Waals surface area (Å²) >= 11 is 3.21. The summed E-state index contributed by atoms with van der Waals surface area (Å²) < 4.78 is 24.1. The average Bonchev–Trinajstić information content (AvgIpc) is 1.88. The van der Waals surface area contributed by atoms with Gasteiger partial charge >= 0.3 is 0 Å². The second-order valence-electron chi connectivity index (χ2n) is 2.40. The quantitative estimate of drug-likeness (QED) is 0.461. The van der Waals surface area contributed by atoms with Crippen LogP contribution in [0.3, 0.4) is 0 Å². The van der Waals surface area contributed by atoms with Gasteiger partial charge in [0.1, 0.15) is 0 Å². The van der Waals surface area contributed by atoms with E-state index in [1.54, 1.807) is 6.08 Å². The molecule has 1 unspecified atom stereocenters. The van der Waals surface area contributed by atoms with Gasteiger partial charge in [-0.15, -0.1) is 0 Å². The van der Waals surface area contributed by atoms with E-state index in [0.29, 0.717) is 0 Å². The Balaban J connectivity index is 2.61. The van der Waals surface area contributed by atoms with Gasteiger partial charge in [0, 0.05) is 10.4 Å². The monoisotopic (exact) mass is 210 g/mol. The molecule has 1 atom stereocenters. The molecule has 58 valence electrons. The smallest absolute Gasteiger partial charge is 0.205 e. The van der Waals surface area contributed by atoms with Crippen LogP contribution in [0.4, 0.5) is 8.78 Å². The van der Waals surface area contributed by atoms with Crippen molar-refractivity contribution in [2.24, 2.45) is 0 Å². The van der Waals surface area contributed by atoms with Gasteiger partial charge in [0.2, 0.25) is 0 Å². The predicted molar refractivity (Wildman–Crippen MR) is 40.7 cm³/mol. The van der Waals surface area contributed by atoms with Crippen molar-refractivity contribution < 1.29 is 8.78 Å². The Morgan fingerprint density at radius 1 is 1.60 bits per heavy atom. The molecule has 0 aromatic carbocycles. The number of hydrogen-bond acceptors (Lipinski definition) is 0. The Labute approximate surface area is 67.4 Å². The van der Waals surface area contributed by atoms with Crippen molar-refractivity contribution in [1.29, 1.82) is 0 Å². The van der Waals surface area contributed by atoms with Crippen molar-refractivity contribution >= 4 is 15.9 Å². The molecule has 0 amide bonds. The van der Waals surface area contributed by atoms with Crippen molar-refractivity contribution in [3.63, 3.8) is 0 Å². The van der Waals surface area contributed by atoms with Crippen LogP contribution in [0, 0.1) is 0 Å². The molecule has 0 saturated carbocycles. The maximum absolute atomic E-state index is 12.1. The summed E-state index contributed by atoms with van der Waals surface area (Å²) in [6.07, 6.45) is 2.04. The normalized spacial score (nSPS) is 26.8. The molecule has 0 N–H and O–H groups in total. The van der Waals surface area contributed by atoms with Gasteiger partial charge in [-0.2, -0.15) is 0 Å². The number of halogens is 3. The van der Waals surface area contributed by atoms with Crippen molar-refractivity contribution in [2.45, 2.75) is 30.5 Å². The summed E-state index contributed by atoms with van der Waals surface area (Å²) in [5.41, 5.74) is 0.270. The fraction of sp³-hybridized carbons (Fsp3) is 0.714. The highest BCUT2D eigenvalue weighted by Gasteiger charge is 2.21. The summed E-state index contributed by atoms with van der Waals surface area (Å²) in [6, 6.07) is 0. The largest absolute Gasteiger partial charge is 0.260 e. The fourth-order valence-corrected chi connectivity index (χ4v) is 1.80. The van der Waals surface area contributed by atoms with Crippen LogP contribution in [0.1, 0.15) is 19.3 Å². The third kappa shape index (κ3) is 1.78. The van der Waals surface area contributed by atoms with Gasteiger partial charge in [0.25, 0.3) is 6.43 Å². The number of allylic oxidation sites excluding steroid dienone is 2. The van der Waals surface area contributed by atoms with E-state index in [4.69, 9.17) is 0 Å². The van der Waals surface area contributed by atoms with E-state index in [2.05, 4.69) is 15.9 Å². The first-order chi connectivity index (χ1) is 4.72. The van der Waals surface area contributed by atoms with Gasteiger partial charge in [0.15, 0.2) is 0 Å². The molecule has 0 aromatic heterocycles. The molecular formula is C7H9BrF2. The Kier molecular flexibility index (Phi) is 2.83. The third-order valence-electron chi connectivity index (χ3n) is 1.66. The van der Waals surface area contributed by atoms with Gasteiger partial charge in [-0.05, 0) is 19.3 Å². The Morgan fingerprint density at radius 3 is 2.70 bits per heavy atom. The van der Waals surface area contributed by atoms with Gasteiger partial charge in [0.05, 0.1) is 0 Å². The first-order valence-corrected chi connectivity index (χ1v) is 4.25. The van der Waals surface area contributed by atoms with Crippen molar-refractivity contribution in [3.8, 4) is 0 Å². The summed E-state index contributed by atoms with van der Waals surface area (Å²) in [4.78, 5) is -0.0822. The summed E-state index contributed by atoms with van der Waals surface area (Å²) in [6.45, 7) is 0.